The number of carbonyl (C=O) groups is 3. The molecule has 2 aliphatic heterocycles. The van der Waals surface area contributed by atoms with E-state index in [9.17, 15) is 14.4 Å². The minimum Gasteiger partial charge on any atom is -0.489 e. The number of amides is 3. The van der Waals surface area contributed by atoms with Crippen molar-refractivity contribution < 1.29 is 19.1 Å². The van der Waals surface area contributed by atoms with Gasteiger partial charge in [0.2, 0.25) is 5.91 Å². The number of hydrogen-bond acceptors (Lipinski definition) is 5. The van der Waals surface area contributed by atoms with Gasteiger partial charge in [0, 0.05) is 13.1 Å². The van der Waals surface area contributed by atoms with Gasteiger partial charge in [-0.3, -0.25) is 19.3 Å². The Morgan fingerprint density at radius 3 is 2.40 bits per heavy atom. The standard InChI is InChI=1S/C23H22N2O4S/c26-21(24-12-4-5-13-24)15-25-22(27)20(30-23(25)28)14-17-8-10-19(11-9-17)29-16-18-6-2-1-3-7-18/h1-3,6-11,14H,4-5,12-13,15-16H2/b20-14+. The number of likely N-dealkylation sites (tertiary alicyclic amines) is 1. The Morgan fingerprint density at radius 2 is 1.70 bits per heavy atom. The van der Waals surface area contributed by atoms with Crippen LogP contribution in [0.1, 0.15) is 24.0 Å². The van der Waals surface area contributed by atoms with Crippen molar-refractivity contribution in [1.29, 1.82) is 0 Å². The van der Waals surface area contributed by atoms with Crippen LogP contribution in [0.3, 0.4) is 0 Å². The van der Waals surface area contributed by atoms with Crippen LogP contribution in [-0.2, 0) is 16.2 Å². The predicted molar refractivity (Wildman–Crippen MR) is 116 cm³/mol. The minimum absolute atomic E-state index is 0.170. The van der Waals surface area contributed by atoms with Crippen LogP contribution in [0.5, 0.6) is 5.75 Å². The molecule has 2 saturated heterocycles. The third kappa shape index (κ3) is 4.74. The summed E-state index contributed by atoms with van der Waals surface area (Å²) in [6, 6.07) is 17.2. The molecule has 0 atom stereocenters. The molecule has 0 bridgehead atoms. The van der Waals surface area contributed by atoms with Crippen molar-refractivity contribution in [2.45, 2.75) is 19.4 Å². The van der Waals surface area contributed by atoms with Gasteiger partial charge in [0.1, 0.15) is 18.9 Å². The second-order valence-corrected chi connectivity index (χ2v) is 8.19. The lowest BCUT2D eigenvalue weighted by molar-refractivity contribution is -0.135. The molecular weight excluding hydrogens is 400 g/mol. The summed E-state index contributed by atoms with van der Waals surface area (Å²) in [6.45, 7) is 1.69. The topological polar surface area (TPSA) is 66.9 Å². The zero-order valence-corrected chi connectivity index (χ0v) is 17.3. The molecule has 2 aliphatic rings. The summed E-state index contributed by atoms with van der Waals surface area (Å²) in [4.78, 5) is 40.2. The van der Waals surface area contributed by atoms with Crippen LogP contribution in [0, 0.1) is 0 Å². The zero-order chi connectivity index (χ0) is 20.9. The SMILES string of the molecule is O=C(CN1C(=O)S/C(=C/c2ccc(OCc3ccccc3)cc2)C1=O)N1CCCC1. The van der Waals surface area contributed by atoms with Crippen molar-refractivity contribution in [2.24, 2.45) is 0 Å². The average Bonchev–Trinajstić information content (AvgIpc) is 3.39. The van der Waals surface area contributed by atoms with Gasteiger partial charge in [-0.05, 0) is 53.9 Å². The van der Waals surface area contributed by atoms with Crippen molar-refractivity contribution in [3.05, 3.63) is 70.6 Å². The van der Waals surface area contributed by atoms with E-state index in [2.05, 4.69) is 0 Å². The molecular formula is C23H22N2O4S. The highest BCUT2D eigenvalue weighted by Gasteiger charge is 2.37. The smallest absolute Gasteiger partial charge is 0.294 e. The predicted octanol–water partition coefficient (Wildman–Crippen LogP) is 3.92. The van der Waals surface area contributed by atoms with Crippen molar-refractivity contribution in [3.8, 4) is 5.75 Å². The molecule has 2 fully saturated rings. The summed E-state index contributed by atoms with van der Waals surface area (Å²) in [5.41, 5.74) is 1.87. The second-order valence-electron chi connectivity index (χ2n) is 7.20. The summed E-state index contributed by atoms with van der Waals surface area (Å²) < 4.78 is 5.77. The van der Waals surface area contributed by atoms with Crippen LogP contribution < -0.4 is 4.74 Å². The highest BCUT2D eigenvalue weighted by atomic mass is 32.2. The molecule has 0 saturated carbocycles. The van der Waals surface area contributed by atoms with Crippen LogP contribution in [0.15, 0.2) is 59.5 Å². The summed E-state index contributed by atoms with van der Waals surface area (Å²) in [7, 11) is 0. The molecule has 2 aromatic rings. The minimum atomic E-state index is -0.415. The van der Waals surface area contributed by atoms with Crippen LogP contribution >= 0.6 is 11.8 Å². The highest BCUT2D eigenvalue weighted by Crippen LogP contribution is 2.32. The molecule has 0 aromatic heterocycles. The van der Waals surface area contributed by atoms with E-state index in [0.717, 1.165) is 46.4 Å². The number of benzene rings is 2. The van der Waals surface area contributed by atoms with Gasteiger partial charge in [0.25, 0.3) is 11.1 Å². The van der Waals surface area contributed by atoms with E-state index in [0.29, 0.717) is 24.6 Å². The lowest BCUT2D eigenvalue weighted by Gasteiger charge is -2.18. The van der Waals surface area contributed by atoms with E-state index in [-0.39, 0.29) is 12.5 Å². The normalized spacial score (nSPS) is 17.8. The monoisotopic (exact) mass is 422 g/mol. The average molecular weight is 423 g/mol. The lowest BCUT2D eigenvalue weighted by Crippen LogP contribution is -2.40. The number of hydrogen-bond donors (Lipinski definition) is 0. The molecule has 154 valence electrons. The molecule has 0 aliphatic carbocycles. The molecule has 0 N–H and O–H groups in total. The molecule has 2 aromatic carbocycles. The fourth-order valence-electron chi connectivity index (χ4n) is 3.39. The molecule has 2 heterocycles. The molecule has 4 rings (SSSR count). The summed E-state index contributed by atoms with van der Waals surface area (Å²) >= 11 is 0.869. The number of ether oxygens (including phenoxy) is 1. The fraction of sp³-hybridized carbons (Fsp3) is 0.261. The van der Waals surface area contributed by atoms with Crippen molar-refractivity contribution in [1.82, 2.24) is 9.80 Å². The molecule has 30 heavy (non-hydrogen) atoms. The Balaban J connectivity index is 1.37. The summed E-state index contributed by atoms with van der Waals surface area (Å²) in [5.74, 6) is 0.137. The van der Waals surface area contributed by atoms with Crippen LogP contribution in [-0.4, -0.2) is 46.5 Å². The van der Waals surface area contributed by atoms with Gasteiger partial charge in [-0.25, -0.2) is 0 Å². The Hall–Kier alpha value is -3.06. The van der Waals surface area contributed by atoms with Crippen LogP contribution in [0.25, 0.3) is 6.08 Å². The van der Waals surface area contributed by atoms with Crippen molar-refractivity contribution in [3.63, 3.8) is 0 Å². The third-order valence-electron chi connectivity index (χ3n) is 5.05. The first-order chi connectivity index (χ1) is 14.6. The summed E-state index contributed by atoms with van der Waals surface area (Å²) in [6.07, 6.45) is 3.61. The maximum absolute atomic E-state index is 12.6. The second kappa shape index (κ2) is 9.17. The molecule has 3 amide bonds. The maximum Gasteiger partial charge on any atom is 0.294 e. The first-order valence-electron chi connectivity index (χ1n) is 9.90. The Kier molecular flexibility index (Phi) is 6.18. The number of carbonyl (C=O) groups excluding carboxylic acids is 3. The molecule has 0 spiro atoms. The molecule has 0 radical (unpaired) electrons. The fourth-order valence-corrected chi connectivity index (χ4v) is 4.23. The van der Waals surface area contributed by atoms with E-state index in [1.807, 2.05) is 54.6 Å². The van der Waals surface area contributed by atoms with E-state index in [1.54, 1.807) is 11.0 Å². The van der Waals surface area contributed by atoms with E-state index < -0.39 is 11.1 Å². The maximum atomic E-state index is 12.6. The van der Waals surface area contributed by atoms with E-state index in [1.165, 1.54) is 0 Å². The van der Waals surface area contributed by atoms with Crippen LogP contribution in [0.4, 0.5) is 4.79 Å². The largest absolute Gasteiger partial charge is 0.489 e. The van der Waals surface area contributed by atoms with Gasteiger partial charge in [-0.1, -0.05) is 42.5 Å². The quantitative estimate of drug-likeness (QED) is 0.660. The van der Waals surface area contributed by atoms with Gasteiger partial charge >= 0.3 is 0 Å². The molecule has 0 unspecified atom stereocenters. The molecule has 7 heteroatoms. The van der Waals surface area contributed by atoms with Gasteiger partial charge in [-0.2, -0.15) is 0 Å². The van der Waals surface area contributed by atoms with Gasteiger partial charge in [0.15, 0.2) is 0 Å². The van der Waals surface area contributed by atoms with Crippen molar-refractivity contribution in [2.75, 3.05) is 19.6 Å². The van der Waals surface area contributed by atoms with Gasteiger partial charge in [-0.15, -0.1) is 0 Å². The Bertz CT molecular complexity index is 966. The lowest BCUT2D eigenvalue weighted by atomic mass is 10.2. The van der Waals surface area contributed by atoms with Gasteiger partial charge < -0.3 is 9.64 Å². The van der Waals surface area contributed by atoms with E-state index >= 15 is 0 Å². The molecule has 6 nitrogen and oxygen atoms in total. The summed E-state index contributed by atoms with van der Waals surface area (Å²) in [5, 5.41) is -0.401. The Labute approximate surface area is 179 Å². The van der Waals surface area contributed by atoms with Crippen LogP contribution in [0.2, 0.25) is 0 Å². The zero-order valence-electron chi connectivity index (χ0n) is 16.5. The highest BCUT2D eigenvalue weighted by molar-refractivity contribution is 8.18. The van der Waals surface area contributed by atoms with Crippen molar-refractivity contribution >= 4 is 34.9 Å². The Morgan fingerprint density at radius 1 is 1.00 bits per heavy atom. The third-order valence-corrected chi connectivity index (χ3v) is 5.96. The number of thioether (sulfide) groups is 1. The first-order valence-corrected chi connectivity index (χ1v) is 10.7. The van der Waals surface area contributed by atoms with Gasteiger partial charge in [0.05, 0.1) is 4.91 Å². The van der Waals surface area contributed by atoms with E-state index in [4.69, 9.17) is 4.74 Å². The first kappa shape index (κ1) is 20.2. The number of rotatable bonds is 6. The number of nitrogens with zero attached hydrogens (tertiary/aromatic N) is 2. The number of imide groups is 1.